The summed E-state index contributed by atoms with van der Waals surface area (Å²) in [7, 11) is 0. The van der Waals surface area contributed by atoms with Gasteiger partial charge in [-0.3, -0.25) is 0 Å². The molecular weight excluding hydrogens is 198 g/mol. The largest absolute Gasteiger partial charge is 0.393 e. The molecule has 3 unspecified atom stereocenters. The van der Waals surface area contributed by atoms with E-state index in [0.717, 1.165) is 19.0 Å². The third-order valence-corrected chi connectivity index (χ3v) is 4.56. The first kappa shape index (κ1) is 12.4. The zero-order valence-corrected chi connectivity index (χ0v) is 10.7. The van der Waals surface area contributed by atoms with Gasteiger partial charge in [0.25, 0.3) is 0 Å². The summed E-state index contributed by atoms with van der Waals surface area (Å²) in [5.74, 6) is 0.556. The van der Waals surface area contributed by atoms with Crippen molar-refractivity contribution in [3.63, 3.8) is 0 Å². The van der Waals surface area contributed by atoms with Crippen LogP contribution < -0.4 is 0 Å². The van der Waals surface area contributed by atoms with E-state index in [-0.39, 0.29) is 6.10 Å². The first-order valence-electron chi connectivity index (χ1n) is 7.23. The van der Waals surface area contributed by atoms with Crippen LogP contribution >= 0.6 is 0 Å². The predicted octanol–water partition coefficient (Wildman–Crippen LogP) is 2.80. The molecule has 0 bridgehead atoms. The molecule has 0 amide bonds. The number of rotatable bonds is 3. The fraction of sp³-hybridized carbons (Fsp3) is 1.00. The summed E-state index contributed by atoms with van der Waals surface area (Å²) in [5, 5.41) is 10.0. The molecule has 2 heteroatoms. The fourth-order valence-corrected chi connectivity index (χ4v) is 3.46. The van der Waals surface area contributed by atoms with Crippen LogP contribution in [0.3, 0.4) is 0 Å². The molecule has 16 heavy (non-hydrogen) atoms. The molecule has 0 radical (unpaired) electrons. The van der Waals surface area contributed by atoms with E-state index < -0.39 is 0 Å². The summed E-state index contributed by atoms with van der Waals surface area (Å²) < 4.78 is 0. The van der Waals surface area contributed by atoms with Crippen LogP contribution in [0.4, 0.5) is 0 Å². The Labute approximate surface area is 100 Å². The molecule has 0 spiro atoms. The molecular formula is C14H27NO. The van der Waals surface area contributed by atoms with Crippen LogP contribution in [0.5, 0.6) is 0 Å². The fourth-order valence-electron chi connectivity index (χ4n) is 3.46. The van der Waals surface area contributed by atoms with Crippen LogP contribution in [0.1, 0.15) is 58.3 Å². The van der Waals surface area contributed by atoms with E-state index in [0.29, 0.717) is 5.92 Å². The Balaban J connectivity index is 1.86. The maximum Gasteiger partial charge on any atom is 0.0580 e. The van der Waals surface area contributed by atoms with Gasteiger partial charge in [0, 0.05) is 12.6 Å². The minimum Gasteiger partial charge on any atom is -0.393 e. The topological polar surface area (TPSA) is 23.5 Å². The Bertz CT molecular complexity index is 207. The van der Waals surface area contributed by atoms with Gasteiger partial charge < -0.3 is 10.0 Å². The lowest BCUT2D eigenvalue weighted by atomic mass is 9.85. The van der Waals surface area contributed by atoms with Crippen molar-refractivity contribution in [3.8, 4) is 0 Å². The Hall–Kier alpha value is -0.0800. The van der Waals surface area contributed by atoms with E-state index in [1.54, 1.807) is 0 Å². The number of likely N-dealkylation sites (tertiary alicyclic amines) is 1. The number of nitrogens with zero attached hydrogens (tertiary/aromatic N) is 1. The second-order valence-electron chi connectivity index (χ2n) is 5.66. The number of piperidine rings is 1. The van der Waals surface area contributed by atoms with Gasteiger partial charge in [0.15, 0.2) is 0 Å². The van der Waals surface area contributed by atoms with Gasteiger partial charge in [-0.25, -0.2) is 0 Å². The summed E-state index contributed by atoms with van der Waals surface area (Å²) >= 11 is 0. The third-order valence-electron chi connectivity index (χ3n) is 4.56. The molecule has 1 saturated carbocycles. The Morgan fingerprint density at radius 1 is 1.06 bits per heavy atom. The second-order valence-corrected chi connectivity index (χ2v) is 5.66. The summed E-state index contributed by atoms with van der Waals surface area (Å²) in [6, 6.07) is 0.794. The van der Waals surface area contributed by atoms with Gasteiger partial charge in [0.2, 0.25) is 0 Å². The van der Waals surface area contributed by atoms with Crippen molar-refractivity contribution in [2.45, 2.75) is 70.4 Å². The zero-order valence-electron chi connectivity index (χ0n) is 10.7. The Morgan fingerprint density at radius 3 is 2.56 bits per heavy atom. The van der Waals surface area contributed by atoms with Crippen molar-refractivity contribution in [3.05, 3.63) is 0 Å². The van der Waals surface area contributed by atoms with Crippen LogP contribution in [0, 0.1) is 5.92 Å². The lowest BCUT2D eigenvalue weighted by Gasteiger charge is -2.39. The maximum atomic E-state index is 10.0. The van der Waals surface area contributed by atoms with E-state index in [2.05, 4.69) is 11.8 Å². The molecule has 1 aliphatic heterocycles. The molecule has 3 atom stereocenters. The van der Waals surface area contributed by atoms with Crippen molar-refractivity contribution < 1.29 is 5.11 Å². The minimum atomic E-state index is -0.0202. The smallest absolute Gasteiger partial charge is 0.0580 e. The van der Waals surface area contributed by atoms with Crippen LogP contribution in [0.2, 0.25) is 0 Å². The third kappa shape index (κ3) is 2.98. The second kappa shape index (κ2) is 6.02. The first-order chi connectivity index (χ1) is 7.81. The van der Waals surface area contributed by atoms with Gasteiger partial charge in [0.05, 0.1) is 6.10 Å². The highest BCUT2D eigenvalue weighted by molar-refractivity contribution is 4.82. The lowest BCUT2D eigenvalue weighted by molar-refractivity contribution is 0.0269. The first-order valence-corrected chi connectivity index (χ1v) is 7.23. The normalized spacial score (nSPS) is 37.5. The molecule has 0 aromatic heterocycles. The summed E-state index contributed by atoms with van der Waals surface area (Å²) in [4.78, 5) is 2.66. The van der Waals surface area contributed by atoms with Crippen molar-refractivity contribution in [1.82, 2.24) is 4.90 Å². The summed E-state index contributed by atoms with van der Waals surface area (Å²) in [5.41, 5.74) is 0. The number of hydrogen-bond donors (Lipinski definition) is 1. The molecule has 1 saturated heterocycles. The van der Waals surface area contributed by atoms with Gasteiger partial charge in [-0.1, -0.05) is 26.2 Å². The van der Waals surface area contributed by atoms with Crippen LogP contribution in [0.15, 0.2) is 0 Å². The van der Waals surface area contributed by atoms with Crippen molar-refractivity contribution in [2.24, 2.45) is 5.92 Å². The summed E-state index contributed by atoms with van der Waals surface area (Å²) in [6.45, 7) is 4.72. The molecule has 0 aromatic rings. The van der Waals surface area contributed by atoms with Gasteiger partial charge in [-0.05, 0) is 44.6 Å². The van der Waals surface area contributed by atoms with Gasteiger partial charge in [-0.2, -0.15) is 0 Å². The Kier molecular flexibility index (Phi) is 4.66. The highest BCUT2D eigenvalue weighted by Crippen LogP contribution is 2.28. The molecule has 94 valence electrons. The van der Waals surface area contributed by atoms with E-state index >= 15 is 0 Å². The average molecular weight is 225 g/mol. The van der Waals surface area contributed by atoms with Crippen LogP contribution in [-0.4, -0.2) is 35.2 Å². The average Bonchev–Trinajstić information content (AvgIpc) is 2.33. The maximum absolute atomic E-state index is 10.0. The molecule has 2 rings (SSSR count). The molecule has 2 nitrogen and oxygen atoms in total. The Morgan fingerprint density at radius 2 is 1.81 bits per heavy atom. The zero-order chi connectivity index (χ0) is 11.4. The van der Waals surface area contributed by atoms with Crippen LogP contribution in [0.25, 0.3) is 0 Å². The monoisotopic (exact) mass is 225 g/mol. The highest BCUT2D eigenvalue weighted by atomic mass is 16.3. The number of aliphatic hydroxyl groups excluding tert-OH is 1. The SMILES string of the molecule is CCC1CCCCN1CC1CCCCC1O. The quantitative estimate of drug-likeness (QED) is 0.798. The predicted molar refractivity (Wildman–Crippen MR) is 67.5 cm³/mol. The van der Waals surface area contributed by atoms with Crippen molar-refractivity contribution >= 4 is 0 Å². The van der Waals surface area contributed by atoms with Crippen LogP contribution in [-0.2, 0) is 0 Å². The summed E-state index contributed by atoms with van der Waals surface area (Å²) in [6.07, 6.45) is 10.2. The molecule has 1 heterocycles. The molecule has 2 aliphatic rings. The van der Waals surface area contributed by atoms with E-state index in [9.17, 15) is 5.11 Å². The number of hydrogen-bond acceptors (Lipinski definition) is 2. The van der Waals surface area contributed by atoms with Gasteiger partial charge in [0.1, 0.15) is 0 Å². The van der Waals surface area contributed by atoms with E-state index in [1.807, 2.05) is 0 Å². The molecule has 1 aliphatic carbocycles. The van der Waals surface area contributed by atoms with Crippen molar-refractivity contribution in [2.75, 3.05) is 13.1 Å². The standard InChI is InChI=1S/C14H27NO/c1-2-13-8-5-6-10-15(13)11-12-7-3-4-9-14(12)16/h12-14,16H,2-11H2,1H3. The lowest BCUT2D eigenvalue weighted by Crippen LogP contribution is -2.44. The minimum absolute atomic E-state index is 0.0202. The van der Waals surface area contributed by atoms with E-state index in [4.69, 9.17) is 0 Å². The van der Waals surface area contributed by atoms with Gasteiger partial charge in [-0.15, -0.1) is 0 Å². The highest BCUT2D eigenvalue weighted by Gasteiger charge is 2.28. The van der Waals surface area contributed by atoms with Crippen molar-refractivity contribution in [1.29, 1.82) is 0 Å². The van der Waals surface area contributed by atoms with E-state index in [1.165, 1.54) is 51.5 Å². The molecule has 1 N–H and O–H groups in total. The number of aliphatic hydroxyl groups is 1. The molecule has 0 aromatic carbocycles. The van der Waals surface area contributed by atoms with Gasteiger partial charge >= 0.3 is 0 Å². The molecule has 2 fully saturated rings.